The van der Waals surface area contributed by atoms with Gasteiger partial charge in [0.05, 0.1) is 12.1 Å². The summed E-state index contributed by atoms with van der Waals surface area (Å²) in [5, 5.41) is 6.71. The third-order valence-corrected chi connectivity index (χ3v) is 3.37. The van der Waals surface area contributed by atoms with E-state index in [4.69, 9.17) is 5.73 Å². The van der Waals surface area contributed by atoms with Crippen LogP contribution in [0.1, 0.15) is 25.0 Å². The molecule has 1 saturated carbocycles. The summed E-state index contributed by atoms with van der Waals surface area (Å²) in [5.41, 5.74) is 7.90. The number of nitrogens with two attached hydrogens (primary N) is 1. The summed E-state index contributed by atoms with van der Waals surface area (Å²) >= 11 is 0. The summed E-state index contributed by atoms with van der Waals surface area (Å²) in [5.74, 6) is 1.07. The Morgan fingerprint density at radius 2 is 2.41 bits per heavy atom. The van der Waals surface area contributed by atoms with E-state index < -0.39 is 0 Å². The zero-order valence-corrected chi connectivity index (χ0v) is 9.98. The van der Waals surface area contributed by atoms with Crippen LogP contribution in [0, 0.1) is 6.92 Å². The van der Waals surface area contributed by atoms with Gasteiger partial charge in [0, 0.05) is 18.3 Å². The Kier molecular flexibility index (Phi) is 2.48. The summed E-state index contributed by atoms with van der Waals surface area (Å²) in [4.78, 5) is 4.45. The highest BCUT2D eigenvalue weighted by molar-refractivity contribution is 5.38. The molecule has 2 heterocycles. The molecular weight excluding hydrogens is 214 g/mol. The number of H-pyrrole nitrogens is 1. The second-order valence-corrected chi connectivity index (χ2v) is 4.85. The number of hydrogen-bond acceptors (Lipinski definition) is 3. The van der Waals surface area contributed by atoms with Gasteiger partial charge in [0.15, 0.2) is 0 Å². The van der Waals surface area contributed by atoms with Gasteiger partial charge in [-0.2, -0.15) is 0 Å². The van der Waals surface area contributed by atoms with E-state index in [2.05, 4.69) is 21.5 Å². The van der Waals surface area contributed by atoms with Crippen LogP contribution in [-0.4, -0.2) is 22.2 Å². The lowest BCUT2D eigenvalue weighted by molar-refractivity contribution is -0.564. The molecule has 0 unspecified atom stereocenters. The van der Waals surface area contributed by atoms with Crippen LogP contribution in [0.15, 0.2) is 18.3 Å². The second kappa shape index (κ2) is 4.00. The lowest BCUT2D eigenvalue weighted by Gasteiger charge is -2.09. The van der Waals surface area contributed by atoms with Gasteiger partial charge in [0.25, 0.3) is 5.65 Å². The molecule has 5 heteroatoms. The van der Waals surface area contributed by atoms with E-state index in [1.807, 2.05) is 23.7 Å². The number of fused-ring (bicyclic) bond motifs is 1. The topological polar surface area (TPSA) is 70.8 Å². The fourth-order valence-corrected chi connectivity index (χ4v) is 2.55. The van der Waals surface area contributed by atoms with Crippen molar-refractivity contribution in [3.05, 3.63) is 24.0 Å². The first-order valence-corrected chi connectivity index (χ1v) is 6.11. The van der Waals surface area contributed by atoms with Crippen molar-refractivity contribution in [2.24, 2.45) is 5.73 Å². The van der Waals surface area contributed by atoms with Crippen LogP contribution in [0.2, 0.25) is 0 Å². The first kappa shape index (κ1) is 10.5. The molecule has 1 aliphatic carbocycles. The molecule has 2 atom stereocenters. The van der Waals surface area contributed by atoms with Crippen molar-refractivity contribution < 1.29 is 4.52 Å². The van der Waals surface area contributed by atoms with E-state index >= 15 is 0 Å². The van der Waals surface area contributed by atoms with Gasteiger partial charge in [-0.3, -0.25) is 5.10 Å². The summed E-state index contributed by atoms with van der Waals surface area (Å²) in [6.07, 6.45) is 5.20. The van der Waals surface area contributed by atoms with Crippen molar-refractivity contribution in [1.82, 2.24) is 10.1 Å². The number of rotatable bonds is 2. The Balaban J connectivity index is 1.91. The highest BCUT2D eigenvalue weighted by Crippen LogP contribution is 2.20. The highest BCUT2D eigenvalue weighted by Gasteiger charge is 2.25. The van der Waals surface area contributed by atoms with Gasteiger partial charge in [0.1, 0.15) is 5.69 Å². The number of aryl methyl sites for hydroxylation is 1. The van der Waals surface area contributed by atoms with Crippen molar-refractivity contribution >= 4 is 11.5 Å². The van der Waals surface area contributed by atoms with E-state index in [-0.39, 0.29) is 0 Å². The number of hydrogen-bond donors (Lipinski definition) is 3. The van der Waals surface area contributed by atoms with Crippen molar-refractivity contribution in [2.45, 2.75) is 38.3 Å². The van der Waals surface area contributed by atoms with Crippen LogP contribution >= 0.6 is 0 Å². The minimum Gasteiger partial charge on any atom is -0.328 e. The SMILES string of the molecule is Cc1cc(N[C@H]2CC[C@@H](N)C2)[n+]2[nH]ccc2n1. The molecule has 0 radical (unpaired) electrons. The van der Waals surface area contributed by atoms with Crippen LogP contribution < -0.4 is 15.6 Å². The first-order valence-electron chi connectivity index (χ1n) is 6.11. The highest BCUT2D eigenvalue weighted by atomic mass is 15.3. The quantitative estimate of drug-likeness (QED) is 0.669. The molecule has 0 aliphatic heterocycles. The Morgan fingerprint density at radius 1 is 1.53 bits per heavy atom. The first-order chi connectivity index (χ1) is 8.22. The molecule has 17 heavy (non-hydrogen) atoms. The third kappa shape index (κ3) is 1.98. The molecule has 0 amide bonds. The molecule has 0 bridgehead atoms. The molecule has 0 aromatic carbocycles. The molecule has 0 spiro atoms. The largest absolute Gasteiger partial charge is 0.328 e. The molecular formula is C12H18N5+. The van der Waals surface area contributed by atoms with Crippen LogP contribution in [0.5, 0.6) is 0 Å². The number of nitrogens with zero attached hydrogens (tertiary/aromatic N) is 2. The third-order valence-electron chi connectivity index (χ3n) is 3.37. The van der Waals surface area contributed by atoms with E-state index in [9.17, 15) is 0 Å². The molecule has 2 aromatic rings. The number of aromatic amines is 1. The Labute approximate surface area is 100 Å². The van der Waals surface area contributed by atoms with Crippen LogP contribution in [0.3, 0.4) is 0 Å². The molecule has 2 aromatic heterocycles. The zero-order valence-electron chi connectivity index (χ0n) is 9.98. The van der Waals surface area contributed by atoms with E-state index in [0.29, 0.717) is 12.1 Å². The van der Waals surface area contributed by atoms with Gasteiger partial charge in [-0.05, 0) is 26.2 Å². The van der Waals surface area contributed by atoms with Gasteiger partial charge >= 0.3 is 0 Å². The van der Waals surface area contributed by atoms with E-state index in [1.165, 1.54) is 0 Å². The van der Waals surface area contributed by atoms with Crippen molar-refractivity contribution in [2.75, 3.05) is 5.32 Å². The molecule has 0 saturated heterocycles. The number of aromatic nitrogens is 3. The molecule has 1 aliphatic rings. The normalized spacial score (nSPS) is 24.4. The predicted molar refractivity (Wildman–Crippen MR) is 65.7 cm³/mol. The smallest absolute Gasteiger partial charge is 0.286 e. The van der Waals surface area contributed by atoms with Gasteiger partial charge in [-0.1, -0.05) is 0 Å². The van der Waals surface area contributed by atoms with Crippen molar-refractivity contribution in [3.63, 3.8) is 0 Å². The molecule has 5 nitrogen and oxygen atoms in total. The van der Waals surface area contributed by atoms with E-state index in [0.717, 1.165) is 36.4 Å². The average Bonchev–Trinajstić information content (AvgIpc) is 2.87. The maximum atomic E-state index is 5.93. The van der Waals surface area contributed by atoms with Crippen molar-refractivity contribution in [3.8, 4) is 0 Å². The molecule has 90 valence electrons. The minimum atomic E-state index is 0.347. The summed E-state index contributed by atoms with van der Waals surface area (Å²) in [6, 6.07) is 4.86. The summed E-state index contributed by atoms with van der Waals surface area (Å²) in [6.45, 7) is 2.01. The van der Waals surface area contributed by atoms with Crippen LogP contribution in [0.25, 0.3) is 5.65 Å². The lowest BCUT2D eigenvalue weighted by Crippen LogP contribution is -2.33. The average molecular weight is 232 g/mol. The predicted octanol–water partition coefficient (Wildman–Crippen LogP) is 0.749. The second-order valence-electron chi connectivity index (χ2n) is 4.85. The molecule has 4 N–H and O–H groups in total. The fourth-order valence-electron chi connectivity index (χ4n) is 2.55. The maximum Gasteiger partial charge on any atom is 0.286 e. The van der Waals surface area contributed by atoms with Gasteiger partial charge in [-0.25, -0.2) is 0 Å². The lowest BCUT2D eigenvalue weighted by atomic mass is 10.2. The molecule has 3 rings (SSSR count). The molecule has 1 fully saturated rings. The minimum absolute atomic E-state index is 0.347. The monoisotopic (exact) mass is 232 g/mol. The summed E-state index contributed by atoms with van der Waals surface area (Å²) in [7, 11) is 0. The number of nitrogens with one attached hydrogen (secondary N) is 2. The zero-order chi connectivity index (χ0) is 11.8. The Hall–Kier alpha value is -1.62. The standard InChI is InChI=1S/C12H17N5/c1-8-6-12(16-10-3-2-9(13)7-10)17-11(15-8)4-5-14-17/h4-6,9-10H,2-3,7,13H2,1H3,(H,14,15,16)/p+1/t9-,10+/m1/s1. The van der Waals surface area contributed by atoms with Gasteiger partial charge in [0.2, 0.25) is 5.82 Å². The number of anilines is 1. The van der Waals surface area contributed by atoms with Gasteiger partial charge in [-0.15, -0.1) is 9.50 Å². The Morgan fingerprint density at radius 3 is 3.18 bits per heavy atom. The van der Waals surface area contributed by atoms with Crippen LogP contribution in [0.4, 0.5) is 5.82 Å². The van der Waals surface area contributed by atoms with Crippen molar-refractivity contribution in [1.29, 1.82) is 0 Å². The van der Waals surface area contributed by atoms with E-state index in [1.54, 1.807) is 0 Å². The fraction of sp³-hybridized carbons (Fsp3) is 0.500. The van der Waals surface area contributed by atoms with Crippen LogP contribution in [-0.2, 0) is 0 Å². The Bertz CT molecular complexity index is 533. The van der Waals surface area contributed by atoms with Gasteiger partial charge < -0.3 is 11.1 Å². The summed E-state index contributed by atoms with van der Waals surface area (Å²) < 4.78 is 1.97. The maximum absolute atomic E-state index is 5.93.